The highest BCUT2D eigenvalue weighted by Crippen LogP contribution is 2.47. The largest absolute Gasteiger partial charge is 0.478 e. The molecule has 6 N–H and O–H groups in total. The van der Waals surface area contributed by atoms with Crippen LogP contribution in [0.2, 0.25) is 0 Å². The van der Waals surface area contributed by atoms with Gasteiger partial charge < -0.3 is 36.0 Å². The molecule has 222 valence electrons. The van der Waals surface area contributed by atoms with Crippen LogP contribution in [0.1, 0.15) is 74.1 Å². The maximum absolute atomic E-state index is 14.7. The van der Waals surface area contributed by atoms with Gasteiger partial charge in [0.15, 0.2) is 11.6 Å². The number of aliphatic hydroxyl groups excluding tert-OH is 2. The molecule has 11 heteroatoms. The van der Waals surface area contributed by atoms with Crippen molar-refractivity contribution in [2.75, 3.05) is 21.1 Å². The zero-order chi connectivity index (χ0) is 30.0. The van der Waals surface area contributed by atoms with E-state index in [0.717, 1.165) is 0 Å². The number of ketones is 2. The van der Waals surface area contributed by atoms with Gasteiger partial charge in [-0.05, 0) is 66.6 Å². The van der Waals surface area contributed by atoms with Crippen molar-refractivity contribution in [2.24, 2.45) is 17.3 Å². The molecule has 0 aliphatic heterocycles. The van der Waals surface area contributed by atoms with E-state index in [-0.39, 0.29) is 18.3 Å². The Morgan fingerprint density at radius 2 is 1.34 bits per heavy atom. The van der Waals surface area contributed by atoms with Gasteiger partial charge in [-0.1, -0.05) is 34.1 Å². The monoisotopic (exact) mass is 545 g/mol. The minimum absolute atomic E-state index is 0.0201. The van der Waals surface area contributed by atoms with Crippen LogP contribution in [0.15, 0.2) is 0 Å². The van der Waals surface area contributed by atoms with Gasteiger partial charge in [0.05, 0.1) is 24.3 Å². The molecular formula is C27H51N3O8. The van der Waals surface area contributed by atoms with Crippen molar-refractivity contribution in [3.63, 3.8) is 0 Å². The fourth-order valence-electron chi connectivity index (χ4n) is 5.04. The summed E-state index contributed by atoms with van der Waals surface area (Å²) in [7, 11) is 4.53. The van der Waals surface area contributed by atoms with Crippen LogP contribution in [0, 0.1) is 17.3 Å². The first-order valence-electron chi connectivity index (χ1n) is 13.4. The van der Waals surface area contributed by atoms with E-state index in [2.05, 4.69) is 16.0 Å². The van der Waals surface area contributed by atoms with E-state index in [1.807, 2.05) is 20.8 Å². The third-order valence-electron chi connectivity index (χ3n) is 7.30. The van der Waals surface area contributed by atoms with Crippen LogP contribution in [0.3, 0.4) is 0 Å². The summed E-state index contributed by atoms with van der Waals surface area (Å²) in [6, 6.07) is -2.99. The lowest BCUT2D eigenvalue weighted by molar-refractivity contribution is -0.209. The van der Waals surface area contributed by atoms with Crippen molar-refractivity contribution in [2.45, 2.75) is 110 Å². The first kappa shape index (κ1) is 36.1. The van der Waals surface area contributed by atoms with E-state index in [1.54, 1.807) is 6.92 Å². The first-order valence-corrected chi connectivity index (χ1v) is 13.4. The Kier molecular flexibility index (Phi) is 14.8. The number of hydrogen-bond donors (Lipinski definition) is 6. The van der Waals surface area contributed by atoms with Gasteiger partial charge in [-0.2, -0.15) is 0 Å². The van der Waals surface area contributed by atoms with Crippen LogP contribution in [-0.4, -0.2) is 95.9 Å². The van der Waals surface area contributed by atoms with Crippen molar-refractivity contribution in [1.82, 2.24) is 16.0 Å². The zero-order valence-corrected chi connectivity index (χ0v) is 24.8. The van der Waals surface area contributed by atoms with Crippen molar-refractivity contribution in [3.05, 3.63) is 0 Å². The van der Waals surface area contributed by atoms with Gasteiger partial charge in [0.1, 0.15) is 11.5 Å². The fraction of sp³-hybridized carbons (Fsp3) is 0.852. The summed E-state index contributed by atoms with van der Waals surface area (Å²) in [6.07, 6.45) is -3.32. The Hall–Kier alpha value is -1.92. The number of carboxylic acid groups (broad SMARTS) is 1. The molecule has 0 fully saturated rings. The second kappa shape index (κ2) is 15.6. The minimum Gasteiger partial charge on any atom is -0.478 e. The van der Waals surface area contributed by atoms with E-state index in [9.17, 15) is 34.5 Å². The third kappa shape index (κ3) is 8.05. The topological polar surface area (TPSA) is 174 Å². The van der Waals surface area contributed by atoms with Gasteiger partial charge in [0, 0.05) is 6.42 Å². The van der Waals surface area contributed by atoms with E-state index in [4.69, 9.17) is 4.74 Å². The van der Waals surface area contributed by atoms with E-state index in [1.165, 1.54) is 41.9 Å². The zero-order valence-electron chi connectivity index (χ0n) is 24.8. The van der Waals surface area contributed by atoms with Crippen molar-refractivity contribution in [1.29, 1.82) is 0 Å². The number of aliphatic hydroxyl groups is 2. The number of nitrogens with one attached hydrogen (secondary N) is 3. The lowest BCUT2D eigenvalue weighted by Gasteiger charge is -2.49. The Labute approximate surface area is 227 Å². The van der Waals surface area contributed by atoms with E-state index < -0.39 is 77.7 Å². The highest BCUT2D eigenvalue weighted by atomic mass is 16.6. The molecule has 0 radical (unpaired) electrons. The number of hydrogen-bond acceptors (Lipinski definition) is 10. The van der Waals surface area contributed by atoms with Gasteiger partial charge >= 0.3 is 11.9 Å². The van der Waals surface area contributed by atoms with Crippen LogP contribution in [0.25, 0.3) is 0 Å². The minimum atomic E-state index is -2.82. The molecule has 0 saturated heterocycles. The summed E-state index contributed by atoms with van der Waals surface area (Å²) in [5.41, 5.74) is -5.37. The second-order valence-electron chi connectivity index (χ2n) is 10.9. The van der Waals surface area contributed by atoms with Crippen molar-refractivity contribution >= 4 is 23.5 Å². The fourth-order valence-corrected chi connectivity index (χ4v) is 5.04. The number of ether oxygens (including phenoxy) is 1. The van der Waals surface area contributed by atoms with Crippen molar-refractivity contribution < 1.29 is 39.2 Å². The predicted molar refractivity (Wildman–Crippen MR) is 145 cm³/mol. The molecule has 0 rings (SSSR count). The second-order valence-corrected chi connectivity index (χ2v) is 10.9. The van der Waals surface area contributed by atoms with E-state index >= 15 is 0 Å². The molecule has 38 heavy (non-hydrogen) atoms. The molecule has 0 aliphatic rings. The van der Waals surface area contributed by atoms with Gasteiger partial charge in [0.2, 0.25) is 5.60 Å². The molecular weight excluding hydrogens is 494 g/mol. The molecule has 0 spiro atoms. The number of aliphatic carboxylic acids is 1. The maximum atomic E-state index is 14.7. The predicted octanol–water partition coefficient (Wildman–Crippen LogP) is 0.896. The number of rotatable bonds is 19. The molecule has 0 amide bonds. The van der Waals surface area contributed by atoms with Crippen LogP contribution < -0.4 is 16.0 Å². The normalized spacial score (nSPS) is 19.8. The highest BCUT2D eigenvalue weighted by molar-refractivity contribution is 6.16. The number of likely N-dealkylation sites (N-methyl/N-ethyl adjacent to an activating group) is 3. The molecule has 0 aromatic rings. The molecule has 0 heterocycles. The van der Waals surface area contributed by atoms with Gasteiger partial charge in [0.25, 0.3) is 0 Å². The number of esters is 1. The quantitative estimate of drug-likeness (QED) is 0.100. The standard InChI is InChI=1S/C27H51N3O8/c1-11-16(4)21(30-10)23(34)26(13-17(5)31,22(33)20(29-9)12-15(2)3)27(25(36)37,14-18(6)32)38-24(35)19(7)28-8/h15-21,28-32H,11-14H2,1-10H3,(H,36,37)/t16-,17?,18?,19+,20+,21-,26?,27?/m0/s1. The van der Waals surface area contributed by atoms with Crippen LogP contribution in [-0.2, 0) is 23.9 Å². The molecule has 0 bridgehead atoms. The average Bonchev–Trinajstić information content (AvgIpc) is 2.83. The molecule has 4 unspecified atom stereocenters. The van der Waals surface area contributed by atoms with Gasteiger partial charge in [-0.3, -0.25) is 14.4 Å². The summed E-state index contributed by atoms with van der Waals surface area (Å²) in [4.78, 5) is 55.7. The van der Waals surface area contributed by atoms with Gasteiger partial charge in [-0.25, -0.2) is 4.79 Å². The Bertz CT molecular complexity index is 803. The molecule has 0 aromatic carbocycles. The van der Waals surface area contributed by atoms with Crippen LogP contribution in [0.5, 0.6) is 0 Å². The average molecular weight is 546 g/mol. The highest BCUT2D eigenvalue weighted by Gasteiger charge is 2.70. The summed E-state index contributed by atoms with van der Waals surface area (Å²) in [6.45, 7) is 11.5. The number of carbonyl (C=O) groups is 4. The first-order chi connectivity index (χ1) is 17.5. The molecule has 0 aliphatic carbocycles. The maximum Gasteiger partial charge on any atom is 0.349 e. The summed E-state index contributed by atoms with van der Waals surface area (Å²) >= 11 is 0. The van der Waals surface area contributed by atoms with Crippen LogP contribution >= 0.6 is 0 Å². The lowest BCUT2D eigenvalue weighted by Crippen LogP contribution is -2.71. The Balaban J connectivity index is 7.98. The summed E-state index contributed by atoms with van der Waals surface area (Å²) in [5, 5.41) is 40.5. The van der Waals surface area contributed by atoms with Gasteiger partial charge in [-0.15, -0.1) is 0 Å². The summed E-state index contributed by atoms with van der Waals surface area (Å²) < 4.78 is 5.71. The Morgan fingerprint density at radius 1 is 0.816 bits per heavy atom. The summed E-state index contributed by atoms with van der Waals surface area (Å²) in [5.74, 6) is -4.74. The Morgan fingerprint density at radius 3 is 1.68 bits per heavy atom. The number of carboxylic acids is 1. The lowest BCUT2D eigenvalue weighted by atomic mass is 9.57. The molecule has 0 aromatic heterocycles. The number of Topliss-reactive ketones (excluding diaryl/α,β-unsaturated/α-hetero) is 2. The van der Waals surface area contributed by atoms with Crippen molar-refractivity contribution in [3.8, 4) is 0 Å². The van der Waals surface area contributed by atoms with E-state index in [0.29, 0.717) is 6.42 Å². The molecule has 11 nitrogen and oxygen atoms in total. The molecule has 8 atom stereocenters. The van der Waals surface area contributed by atoms with Crippen LogP contribution in [0.4, 0.5) is 0 Å². The number of carbonyl (C=O) groups excluding carboxylic acids is 3. The third-order valence-corrected chi connectivity index (χ3v) is 7.30. The SMILES string of the molecule is CC[C@H](C)[C@H](NC)C(=O)C(CC(C)O)(C(=O)[C@@H](CC(C)C)NC)C(CC(C)O)(OC(=O)[C@@H](C)NC)C(=O)O. The smallest absolute Gasteiger partial charge is 0.349 e. The molecule has 0 saturated carbocycles.